The first-order valence-corrected chi connectivity index (χ1v) is 7.96. The first-order valence-electron chi connectivity index (χ1n) is 7.96. The summed E-state index contributed by atoms with van der Waals surface area (Å²) in [5.41, 5.74) is 0. The van der Waals surface area contributed by atoms with E-state index in [0.29, 0.717) is 0 Å². The van der Waals surface area contributed by atoms with Gasteiger partial charge in [-0.2, -0.15) is 0 Å². The Morgan fingerprint density at radius 3 is 1.72 bits per heavy atom. The zero-order valence-corrected chi connectivity index (χ0v) is 11.8. The molecule has 0 saturated heterocycles. The summed E-state index contributed by atoms with van der Waals surface area (Å²) in [6.45, 7) is 0. The van der Waals surface area contributed by atoms with Crippen LogP contribution in [-0.4, -0.2) is 17.5 Å². The lowest BCUT2D eigenvalue weighted by molar-refractivity contribution is -0.111. The number of rotatable bonds is 1. The zero-order chi connectivity index (χ0) is 13.1. The minimum Gasteiger partial charge on any atom is -0.393 e. The van der Waals surface area contributed by atoms with Gasteiger partial charge in [-0.25, -0.2) is 0 Å². The molecule has 1 fully saturated rings. The average Bonchev–Trinajstić information content (AvgIpc) is 2.38. The van der Waals surface area contributed by atoms with Gasteiger partial charge in [-0.05, 0) is 25.7 Å². The Morgan fingerprint density at radius 2 is 1.11 bits per heavy atom. The van der Waals surface area contributed by atoms with Crippen molar-refractivity contribution < 1.29 is 9.90 Å². The van der Waals surface area contributed by atoms with Crippen LogP contribution < -0.4 is 0 Å². The lowest BCUT2D eigenvalue weighted by Gasteiger charge is -2.12. The van der Waals surface area contributed by atoms with Crippen molar-refractivity contribution in [1.82, 2.24) is 0 Å². The van der Waals surface area contributed by atoms with Gasteiger partial charge in [0, 0.05) is 5.92 Å². The molecule has 0 aromatic carbocycles. The van der Waals surface area contributed by atoms with Gasteiger partial charge in [0.15, 0.2) is 0 Å². The van der Waals surface area contributed by atoms with Crippen molar-refractivity contribution in [2.24, 2.45) is 5.92 Å². The zero-order valence-electron chi connectivity index (χ0n) is 11.8. The summed E-state index contributed by atoms with van der Waals surface area (Å²) in [4.78, 5) is 11.0. The third kappa shape index (κ3) is 7.86. The van der Waals surface area contributed by atoms with Crippen LogP contribution in [0.5, 0.6) is 0 Å². The van der Waals surface area contributed by atoms with Crippen molar-refractivity contribution in [3.8, 4) is 0 Å². The SMILES string of the molecule is O=CC1CCCCCCCCCC[C@H](O)CCC1. The maximum Gasteiger partial charge on any atom is 0.123 e. The molecule has 2 heteroatoms. The van der Waals surface area contributed by atoms with Crippen molar-refractivity contribution in [1.29, 1.82) is 0 Å². The molecule has 2 atom stereocenters. The summed E-state index contributed by atoms with van der Waals surface area (Å²) in [7, 11) is 0. The summed E-state index contributed by atoms with van der Waals surface area (Å²) >= 11 is 0. The molecule has 1 saturated carbocycles. The van der Waals surface area contributed by atoms with E-state index in [2.05, 4.69) is 0 Å². The van der Waals surface area contributed by atoms with E-state index < -0.39 is 0 Å². The standard InChI is InChI=1S/C16H30O2/c17-14-15-10-7-5-3-1-2-4-6-8-12-16(18)13-9-11-15/h14-16,18H,1-13H2/t15?,16-/m0/s1. The third-order valence-electron chi connectivity index (χ3n) is 4.17. The molecule has 0 spiro atoms. The average molecular weight is 254 g/mol. The van der Waals surface area contributed by atoms with Crippen LogP contribution in [0.1, 0.15) is 83.5 Å². The van der Waals surface area contributed by atoms with Crippen LogP contribution in [0.15, 0.2) is 0 Å². The lowest BCUT2D eigenvalue weighted by atomic mass is 9.95. The van der Waals surface area contributed by atoms with Crippen LogP contribution in [0.2, 0.25) is 0 Å². The molecule has 2 nitrogen and oxygen atoms in total. The minimum atomic E-state index is -0.137. The van der Waals surface area contributed by atoms with Gasteiger partial charge >= 0.3 is 0 Å². The molecule has 18 heavy (non-hydrogen) atoms. The number of hydrogen-bond acceptors (Lipinski definition) is 2. The maximum absolute atomic E-state index is 11.0. The van der Waals surface area contributed by atoms with E-state index in [1.165, 1.54) is 44.9 Å². The number of hydrogen-bond donors (Lipinski definition) is 1. The first kappa shape index (κ1) is 15.7. The van der Waals surface area contributed by atoms with E-state index in [-0.39, 0.29) is 12.0 Å². The van der Waals surface area contributed by atoms with Gasteiger partial charge < -0.3 is 9.90 Å². The van der Waals surface area contributed by atoms with Gasteiger partial charge in [0.25, 0.3) is 0 Å². The normalized spacial score (nSPS) is 30.1. The summed E-state index contributed by atoms with van der Waals surface area (Å²) in [6.07, 6.45) is 16.1. The van der Waals surface area contributed by atoms with Gasteiger partial charge in [0.2, 0.25) is 0 Å². The van der Waals surface area contributed by atoms with Crippen LogP contribution in [0.25, 0.3) is 0 Å². The molecule has 0 heterocycles. The molecule has 1 unspecified atom stereocenters. The van der Waals surface area contributed by atoms with Crippen LogP contribution in [0, 0.1) is 5.92 Å². The van der Waals surface area contributed by atoms with E-state index in [0.717, 1.165) is 44.8 Å². The second-order valence-corrected chi connectivity index (χ2v) is 5.89. The molecular formula is C16H30O2. The highest BCUT2D eigenvalue weighted by molar-refractivity contribution is 5.53. The van der Waals surface area contributed by atoms with Crippen molar-refractivity contribution in [2.75, 3.05) is 0 Å². The summed E-state index contributed by atoms with van der Waals surface area (Å²) in [6, 6.07) is 0. The summed E-state index contributed by atoms with van der Waals surface area (Å²) < 4.78 is 0. The van der Waals surface area contributed by atoms with E-state index >= 15 is 0 Å². The number of aldehydes is 1. The van der Waals surface area contributed by atoms with Crippen molar-refractivity contribution in [3.63, 3.8) is 0 Å². The molecule has 1 N–H and O–H groups in total. The number of aliphatic hydroxyl groups excluding tert-OH is 1. The van der Waals surface area contributed by atoms with E-state index in [9.17, 15) is 9.90 Å². The summed E-state index contributed by atoms with van der Waals surface area (Å²) in [5, 5.41) is 9.85. The highest BCUT2D eigenvalue weighted by Crippen LogP contribution is 2.19. The molecule has 0 radical (unpaired) electrons. The summed E-state index contributed by atoms with van der Waals surface area (Å²) in [5.74, 6) is 0.238. The van der Waals surface area contributed by atoms with Gasteiger partial charge in [0.05, 0.1) is 6.10 Å². The molecular weight excluding hydrogens is 224 g/mol. The highest BCUT2D eigenvalue weighted by atomic mass is 16.3. The van der Waals surface area contributed by atoms with Crippen molar-refractivity contribution in [2.45, 2.75) is 89.6 Å². The molecule has 1 aliphatic carbocycles. The smallest absolute Gasteiger partial charge is 0.123 e. The molecule has 0 bridgehead atoms. The Bertz CT molecular complexity index is 203. The highest BCUT2D eigenvalue weighted by Gasteiger charge is 2.10. The molecule has 106 valence electrons. The van der Waals surface area contributed by atoms with Gasteiger partial charge in [-0.15, -0.1) is 0 Å². The largest absolute Gasteiger partial charge is 0.393 e. The van der Waals surface area contributed by atoms with Crippen LogP contribution in [0.3, 0.4) is 0 Å². The number of carbonyl (C=O) groups is 1. The Balaban J connectivity index is 2.28. The quantitative estimate of drug-likeness (QED) is 0.710. The van der Waals surface area contributed by atoms with Gasteiger partial charge in [-0.1, -0.05) is 57.8 Å². The lowest BCUT2D eigenvalue weighted by Crippen LogP contribution is -2.08. The molecule has 0 aromatic rings. The molecule has 1 aliphatic rings. The van der Waals surface area contributed by atoms with Crippen LogP contribution in [-0.2, 0) is 4.79 Å². The van der Waals surface area contributed by atoms with Crippen LogP contribution >= 0.6 is 0 Å². The molecule has 0 aliphatic heterocycles. The third-order valence-corrected chi connectivity index (χ3v) is 4.17. The Morgan fingerprint density at radius 1 is 0.667 bits per heavy atom. The van der Waals surface area contributed by atoms with E-state index in [1.54, 1.807) is 0 Å². The minimum absolute atomic E-state index is 0.137. The monoisotopic (exact) mass is 254 g/mol. The first-order chi connectivity index (χ1) is 8.83. The fraction of sp³-hybridized carbons (Fsp3) is 0.938. The molecule has 0 amide bonds. The van der Waals surface area contributed by atoms with Crippen molar-refractivity contribution >= 4 is 6.29 Å². The fourth-order valence-electron chi connectivity index (χ4n) is 2.89. The van der Waals surface area contributed by atoms with Crippen molar-refractivity contribution in [3.05, 3.63) is 0 Å². The maximum atomic E-state index is 11.0. The van der Waals surface area contributed by atoms with Gasteiger partial charge in [-0.3, -0.25) is 0 Å². The topological polar surface area (TPSA) is 37.3 Å². The van der Waals surface area contributed by atoms with E-state index in [1.807, 2.05) is 0 Å². The Labute approximate surface area is 112 Å². The predicted molar refractivity (Wildman–Crippen MR) is 75.6 cm³/mol. The van der Waals surface area contributed by atoms with E-state index in [4.69, 9.17) is 0 Å². The molecule has 0 aromatic heterocycles. The number of carbonyl (C=O) groups excluding carboxylic acids is 1. The fourth-order valence-corrected chi connectivity index (χ4v) is 2.89. The van der Waals surface area contributed by atoms with Crippen LogP contribution in [0.4, 0.5) is 0 Å². The Hall–Kier alpha value is -0.370. The second-order valence-electron chi connectivity index (χ2n) is 5.89. The number of aliphatic hydroxyl groups is 1. The van der Waals surface area contributed by atoms with Gasteiger partial charge in [0.1, 0.15) is 6.29 Å². The predicted octanol–water partition coefficient (Wildman–Crippen LogP) is 4.25. The molecule has 1 rings (SSSR count). The Kier molecular flexibility index (Phi) is 9.19. The second kappa shape index (κ2) is 10.5.